The fourth-order valence-corrected chi connectivity index (χ4v) is 6.68. The molecule has 268 valence electrons. The summed E-state index contributed by atoms with van der Waals surface area (Å²) in [6.45, 7) is 7.78. The first-order chi connectivity index (χ1) is 23.9. The summed E-state index contributed by atoms with van der Waals surface area (Å²) in [7, 11) is 0. The van der Waals surface area contributed by atoms with E-state index in [0.29, 0.717) is 41.4 Å². The third-order valence-electron chi connectivity index (χ3n) is 9.14. The number of aliphatic hydroxyl groups excluding tert-OH is 1. The van der Waals surface area contributed by atoms with Crippen LogP contribution < -0.4 is 14.8 Å². The number of hydrogen-bond acceptors (Lipinski definition) is 11. The molecule has 2 bridgehead atoms. The Labute approximate surface area is 290 Å². The Balaban J connectivity index is 1.18. The molecule has 3 aliphatic heterocycles. The molecule has 0 saturated carbocycles. The Morgan fingerprint density at radius 1 is 1.08 bits per heavy atom. The zero-order chi connectivity index (χ0) is 35.6. The van der Waals surface area contributed by atoms with E-state index in [4.69, 9.17) is 23.4 Å². The van der Waals surface area contributed by atoms with Crippen LogP contribution in [0.25, 0.3) is 0 Å². The maximum absolute atomic E-state index is 13.5. The average Bonchev–Trinajstić information content (AvgIpc) is 3.69. The van der Waals surface area contributed by atoms with Gasteiger partial charge in [0.05, 0.1) is 50.2 Å². The van der Waals surface area contributed by atoms with E-state index in [1.54, 1.807) is 64.2 Å². The van der Waals surface area contributed by atoms with Crippen LogP contribution in [0.4, 0.5) is 4.79 Å². The van der Waals surface area contributed by atoms with E-state index in [9.17, 15) is 24.6 Å². The molecule has 4 atom stereocenters. The van der Waals surface area contributed by atoms with Crippen LogP contribution in [0.2, 0.25) is 0 Å². The number of nitrogens with zero attached hydrogens (tertiary/aromatic N) is 3. The van der Waals surface area contributed by atoms with Crippen LogP contribution in [0.15, 0.2) is 53.4 Å². The molecular weight excluding hydrogens is 648 g/mol. The van der Waals surface area contributed by atoms with E-state index >= 15 is 0 Å². The minimum Gasteiger partial charge on any atom is -0.493 e. The van der Waals surface area contributed by atoms with Gasteiger partial charge in [-0.2, -0.15) is 0 Å². The Hall–Kier alpha value is -4.66. The fraction of sp³-hybridized carbons (Fsp3) is 0.500. The van der Waals surface area contributed by atoms with Crippen molar-refractivity contribution in [3.63, 3.8) is 0 Å². The first kappa shape index (κ1) is 35.2. The Morgan fingerprint density at radius 2 is 1.84 bits per heavy atom. The molecule has 0 radical (unpaired) electrons. The minimum atomic E-state index is -2.14. The normalized spacial score (nSPS) is 22.0. The SMILES string of the molecule is CCOc1cc(C(=O)N2C3CCC2COC3)ccc1C(=O)NC[C@@H](O)[C@@]1(O)Cc2ccc(OCc3cnco3)cc2CN1C(=O)OC(C)(C)C. The Kier molecular flexibility index (Phi) is 10.1. The zero-order valence-electron chi connectivity index (χ0n) is 28.7. The van der Waals surface area contributed by atoms with Gasteiger partial charge in [0.1, 0.15) is 29.8 Å². The maximum atomic E-state index is 13.5. The van der Waals surface area contributed by atoms with Crippen molar-refractivity contribution in [2.45, 2.75) is 89.6 Å². The summed E-state index contributed by atoms with van der Waals surface area (Å²) in [5.41, 5.74) is -1.10. The third-order valence-corrected chi connectivity index (χ3v) is 9.14. The van der Waals surface area contributed by atoms with E-state index in [0.717, 1.165) is 17.7 Å². The Morgan fingerprint density at radius 3 is 2.52 bits per heavy atom. The number of benzene rings is 2. The monoisotopic (exact) mass is 692 g/mol. The number of fused-ring (bicyclic) bond motifs is 3. The van der Waals surface area contributed by atoms with Gasteiger partial charge < -0.3 is 43.8 Å². The van der Waals surface area contributed by atoms with Gasteiger partial charge in [-0.1, -0.05) is 6.07 Å². The number of morpholine rings is 1. The molecule has 1 aromatic heterocycles. The number of rotatable bonds is 10. The van der Waals surface area contributed by atoms with Gasteiger partial charge in [-0.25, -0.2) is 9.78 Å². The lowest BCUT2D eigenvalue weighted by Crippen LogP contribution is -2.64. The van der Waals surface area contributed by atoms with Gasteiger partial charge >= 0.3 is 6.09 Å². The topological polar surface area (TPSA) is 173 Å². The fourth-order valence-electron chi connectivity index (χ4n) is 6.68. The highest BCUT2D eigenvalue weighted by Gasteiger charge is 2.49. The van der Waals surface area contributed by atoms with Gasteiger partial charge in [-0.05, 0) is 82.0 Å². The highest BCUT2D eigenvalue weighted by Crippen LogP contribution is 2.36. The predicted octanol–water partition coefficient (Wildman–Crippen LogP) is 3.43. The molecule has 6 rings (SSSR count). The maximum Gasteiger partial charge on any atom is 0.412 e. The lowest BCUT2D eigenvalue weighted by atomic mass is 9.87. The van der Waals surface area contributed by atoms with Crippen molar-refractivity contribution in [1.29, 1.82) is 0 Å². The van der Waals surface area contributed by atoms with Crippen molar-refractivity contribution in [2.75, 3.05) is 26.4 Å². The second-order valence-electron chi connectivity index (χ2n) is 13.8. The molecule has 3 amide bonds. The second-order valence-corrected chi connectivity index (χ2v) is 13.8. The first-order valence-corrected chi connectivity index (χ1v) is 16.8. The van der Waals surface area contributed by atoms with Gasteiger partial charge in [0.2, 0.25) is 0 Å². The zero-order valence-corrected chi connectivity index (χ0v) is 28.7. The summed E-state index contributed by atoms with van der Waals surface area (Å²) in [5, 5.41) is 26.1. The van der Waals surface area contributed by atoms with E-state index in [2.05, 4.69) is 10.3 Å². The molecule has 2 fully saturated rings. The number of ether oxygens (including phenoxy) is 4. The van der Waals surface area contributed by atoms with Crippen molar-refractivity contribution in [2.24, 2.45) is 0 Å². The standard InChI is InChI=1S/C36H44N4O10/c1-5-47-30-13-22(33(43)40-25-8-9-26(40)19-46-18-25)7-11-29(30)32(42)38-16-31(41)36(45)14-23-6-10-27(48-20-28-15-37-21-49-28)12-24(23)17-39(36)34(44)50-35(2,3)4/h6-7,10-13,15,21,25-26,31,41,45H,5,8-9,14,16-20H2,1-4H3,(H,38,42)/t25?,26?,31-,36+/m1/s1. The van der Waals surface area contributed by atoms with Crippen LogP contribution in [0.1, 0.15) is 78.1 Å². The van der Waals surface area contributed by atoms with Crippen LogP contribution in [0, 0.1) is 0 Å². The summed E-state index contributed by atoms with van der Waals surface area (Å²) in [6.07, 6.45) is 2.03. The van der Waals surface area contributed by atoms with E-state index in [-0.39, 0.29) is 55.5 Å². The lowest BCUT2D eigenvalue weighted by Gasteiger charge is -2.46. The number of oxazole rings is 1. The van der Waals surface area contributed by atoms with Crippen LogP contribution in [-0.2, 0) is 29.0 Å². The minimum absolute atomic E-state index is 0.0273. The molecule has 0 spiro atoms. The molecule has 3 aliphatic rings. The molecule has 2 unspecified atom stereocenters. The smallest absolute Gasteiger partial charge is 0.412 e. The molecular formula is C36H44N4O10. The molecule has 3 N–H and O–H groups in total. The summed E-state index contributed by atoms with van der Waals surface area (Å²) < 4.78 is 28.1. The van der Waals surface area contributed by atoms with Gasteiger partial charge in [-0.15, -0.1) is 0 Å². The highest BCUT2D eigenvalue weighted by molar-refractivity contribution is 6.00. The van der Waals surface area contributed by atoms with E-state index in [1.165, 1.54) is 12.5 Å². The highest BCUT2D eigenvalue weighted by atomic mass is 16.6. The van der Waals surface area contributed by atoms with Crippen molar-refractivity contribution >= 4 is 17.9 Å². The van der Waals surface area contributed by atoms with E-state index < -0.39 is 36.0 Å². The molecule has 3 aromatic rings. The number of carbonyl (C=O) groups excluding carboxylic acids is 3. The van der Waals surface area contributed by atoms with Crippen LogP contribution in [0.5, 0.6) is 11.5 Å². The van der Waals surface area contributed by atoms with Crippen LogP contribution in [-0.4, -0.2) is 98.8 Å². The van der Waals surface area contributed by atoms with Gasteiger partial charge in [0.25, 0.3) is 11.8 Å². The Bertz CT molecular complexity index is 1690. The van der Waals surface area contributed by atoms with Crippen molar-refractivity contribution in [3.05, 3.63) is 77.0 Å². The van der Waals surface area contributed by atoms with Gasteiger partial charge in [0.15, 0.2) is 17.9 Å². The summed E-state index contributed by atoms with van der Waals surface area (Å²) >= 11 is 0. The van der Waals surface area contributed by atoms with Crippen molar-refractivity contribution < 1.29 is 48.0 Å². The number of carbonyl (C=O) groups is 3. The van der Waals surface area contributed by atoms with E-state index in [1.807, 2.05) is 4.90 Å². The average molecular weight is 693 g/mol. The number of nitrogens with one attached hydrogen (secondary N) is 1. The van der Waals surface area contributed by atoms with Gasteiger partial charge in [-0.3, -0.25) is 14.5 Å². The largest absolute Gasteiger partial charge is 0.493 e. The molecule has 50 heavy (non-hydrogen) atoms. The summed E-state index contributed by atoms with van der Waals surface area (Å²) in [4.78, 5) is 47.3. The number of hydrogen-bond donors (Lipinski definition) is 3. The third kappa shape index (κ3) is 7.42. The number of amides is 3. The summed E-state index contributed by atoms with van der Waals surface area (Å²) in [5.74, 6) is 0.538. The molecule has 14 heteroatoms. The quantitative estimate of drug-likeness (QED) is 0.284. The number of aromatic nitrogens is 1. The van der Waals surface area contributed by atoms with Crippen molar-refractivity contribution in [3.8, 4) is 11.5 Å². The molecule has 4 heterocycles. The first-order valence-electron chi connectivity index (χ1n) is 16.8. The van der Waals surface area contributed by atoms with Crippen molar-refractivity contribution in [1.82, 2.24) is 20.1 Å². The molecule has 14 nitrogen and oxygen atoms in total. The van der Waals surface area contributed by atoms with Gasteiger partial charge in [0, 0.05) is 18.5 Å². The predicted molar refractivity (Wildman–Crippen MR) is 177 cm³/mol. The second kappa shape index (κ2) is 14.3. The van der Waals surface area contributed by atoms with Crippen LogP contribution >= 0.6 is 0 Å². The molecule has 0 aliphatic carbocycles. The summed E-state index contributed by atoms with van der Waals surface area (Å²) in [6, 6.07) is 9.95. The number of aliphatic hydroxyl groups is 2. The molecule has 2 aromatic carbocycles. The lowest BCUT2D eigenvalue weighted by molar-refractivity contribution is -0.177. The van der Waals surface area contributed by atoms with Crippen LogP contribution in [0.3, 0.4) is 0 Å². The molecule has 2 saturated heterocycles.